The van der Waals surface area contributed by atoms with Crippen LogP contribution < -0.4 is 5.32 Å². The summed E-state index contributed by atoms with van der Waals surface area (Å²) in [5.74, 6) is -0.114. The minimum absolute atomic E-state index is 0.0438. The summed E-state index contributed by atoms with van der Waals surface area (Å²) in [5, 5.41) is 3.65. The number of pyridine rings is 1. The van der Waals surface area contributed by atoms with E-state index in [4.69, 9.17) is 4.74 Å². The number of hydrogen-bond donors (Lipinski definition) is 1. The van der Waals surface area contributed by atoms with Gasteiger partial charge in [0.2, 0.25) is 0 Å². The average Bonchev–Trinajstić information content (AvgIpc) is 2.83. The molecule has 0 radical (unpaired) electrons. The van der Waals surface area contributed by atoms with E-state index in [-0.39, 0.29) is 11.8 Å². The largest absolute Gasteiger partial charge is 0.378 e. The number of hydrogen-bond acceptors (Lipinski definition) is 5. The Morgan fingerprint density at radius 3 is 2.71 bits per heavy atom. The minimum atomic E-state index is -0.0700. The maximum atomic E-state index is 13.0. The van der Waals surface area contributed by atoms with Crippen molar-refractivity contribution < 1.29 is 19.1 Å². The fourth-order valence-electron chi connectivity index (χ4n) is 4.22. The van der Waals surface area contributed by atoms with E-state index in [2.05, 4.69) is 10.3 Å². The molecule has 1 fully saturated rings. The molecule has 2 aliphatic heterocycles. The first-order valence-corrected chi connectivity index (χ1v) is 10.3. The lowest BCUT2D eigenvalue weighted by atomic mass is 9.92. The fraction of sp³-hybridized carbons (Fsp3) is 0.250. The van der Waals surface area contributed by atoms with E-state index in [9.17, 15) is 14.4 Å². The van der Waals surface area contributed by atoms with Crippen LogP contribution >= 0.6 is 0 Å². The zero-order valence-electron chi connectivity index (χ0n) is 16.9. The molecule has 0 aliphatic carbocycles. The van der Waals surface area contributed by atoms with E-state index < -0.39 is 0 Å². The first kappa shape index (κ1) is 19.4. The highest BCUT2D eigenvalue weighted by Crippen LogP contribution is 2.31. The van der Waals surface area contributed by atoms with Crippen molar-refractivity contribution in [1.82, 2.24) is 15.2 Å². The van der Waals surface area contributed by atoms with Gasteiger partial charge in [-0.25, -0.2) is 4.98 Å². The summed E-state index contributed by atoms with van der Waals surface area (Å²) in [4.78, 5) is 42.8. The van der Waals surface area contributed by atoms with E-state index in [0.717, 1.165) is 34.8 Å². The Kier molecular flexibility index (Phi) is 4.95. The molecular weight excluding hydrogens is 394 g/mol. The summed E-state index contributed by atoms with van der Waals surface area (Å²) < 4.78 is 5.35. The van der Waals surface area contributed by atoms with Crippen LogP contribution in [0.25, 0.3) is 22.0 Å². The van der Waals surface area contributed by atoms with Gasteiger partial charge in [-0.15, -0.1) is 0 Å². The standard InChI is InChI=1S/C24H21N3O4/c28-14-18-13-20(15-1-3-19-16(11-15)5-6-25-23(19)29)21-12-17(2-4-22(21)26-18)24(30)27-7-9-31-10-8-27/h1-4,11-14H,5-10H2,(H,25,29). The number of morpholine rings is 1. The van der Waals surface area contributed by atoms with Gasteiger partial charge in [0.1, 0.15) is 5.69 Å². The lowest BCUT2D eigenvalue weighted by molar-refractivity contribution is 0.0303. The third kappa shape index (κ3) is 3.57. The highest BCUT2D eigenvalue weighted by Gasteiger charge is 2.21. The molecule has 0 saturated carbocycles. The van der Waals surface area contributed by atoms with Gasteiger partial charge in [0.25, 0.3) is 11.8 Å². The Labute approximate surface area is 179 Å². The van der Waals surface area contributed by atoms with E-state index in [1.807, 2.05) is 24.3 Å². The second kappa shape index (κ2) is 7.92. The van der Waals surface area contributed by atoms with Crippen molar-refractivity contribution in [1.29, 1.82) is 0 Å². The fourth-order valence-corrected chi connectivity index (χ4v) is 4.22. The molecule has 5 rings (SSSR count). The molecule has 1 saturated heterocycles. The Bertz CT molecular complexity index is 1210. The van der Waals surface area contributed by atoms with Crippen LogP contribution in [0.5, 0.6) is 0 Å². The number of fused-ring (bicyclic) bond motifs is 2. The Balaban J connectivity index is 1.63. The average molecular weight is 415 g/mol. The highest BCUT2D eigenvalue weighted by atomic mass is 16.5. The molecule has 0 unspecified atom stereocenters. The molecule has 2 aliphatic rings. The Morgan fingerprint density at radius 1 is 1.06 bits per heavy atom. The first-order valence-electron chi connectivity index (χ1n) is 10.3. The van der Waals surface area contributed by atoms with E-state index in [0.29, 0.717) is 55.2 Å². The van der Waals surface area contributed by atoms with Crippen LogP contribution in [-0.2, 0) is 11.2 Å². The molecule has 0 spiro atoms. The number of carbonyl (C=O) groups is 3. The van der Waals surface area contributed by atoms with Crippen molar-refractivity contribution in [2.24, 2.45) is 0 Å². The molecule has 3 heterocycles. The molecule has 1 N–H and O–H groups in total. The van der Waals surface area contributed by atoms with Crippen LogP contribution in [0.4, 0.5) is 0 Å². The van der Waals surface area contributed by atoms with Gasteiger partial charge < -0.3 is 15.0 Å². The van der Waals surface area contributed by atoms with Crippen molar-refractivity contribution in [3.05, 3.63) is 64.8 Å². The first-order chi connectivity index (χ1) is 15.1. The van der Waals surface area contributed by atoms with Gasteiger partial charge in [-0.3, -0.25) is 14.4 Å². The Hall–Kier alpha value is -3.58. The molecule has 31 heavy (non-hydrogen) atoms. The zero-order valence-corrected chi connectivity index (χ0v) is 16.9. The zero-order chi connectivity index (χ0) is 21.4. The van der Waals surface area contributed by atoms with Crippen LogP contribution in [0.1, 0.15) is 36.8 Å². The molecule has 0 bridgehead atoms. The predicted molar refractivity (Wildman–Crippen MR) is 115 cm³/mol. The number of amides is 2. The maximum Gasteiger partial charge on any atom is 0.254 e. The highest BCUT2D eigenvalue weighted by molar-refractivity contribution is 6.04. The van der Waals surface area contributed by atoms with Gasteiger partial charge in [0.15, 0.2) is 6.29 Å². The molecule has 2 amide bonds. The quantitative estimate of drug-likeness (QED) is 0.664. The van der Waals surface area contributed by atoms with Crippen molar-refractivity contribution >= 4 is 29.0 Å². The molecule has 2 aromatic carbocycles. The third-order valence-electron chi connectivity index (χ3n) is 5.84. The predicted octanol–water partition coefficient (Wildman–Crippen LogP) is 2.47. The lowest BCUT2D eigenvalue weighted by Crippen LogP contribution is -2.40. The second-order valence-electron chi connectivity index (χ2n) is 7.73. The van der Waals surface area contributed by atoms with Gasteiger partial charge >= 0.3 is 0 Å². The van der Waals surface area contributed by atoms with Gasteiger partial charge in [-0.05, 0) is 53.4 Å². The SMILES string of the molecule is O=Cc1cc(-c2ccc3c(c2)CCNC3=O)c2cc(C(=O)N3CCOCC3)ccc2n1. The van der Waals surface area contributed by atoms with Gasteiger partial charge in [0, 0.05) is 36.1 Å². The van der Waals surface area contributed by atoms with Gasteiger partial charge in [-0.2, -0.15) is 0 Å². The van der Waals surface area contributed by atoms with Crippen LogP contribution in [0.15, 0.2) is 42.5 Å². The number of nitrogens with zero attached hydrogens (tertiary/aromatic N) is 2. The maximum absolute atomic E-state index is 13.0. The molecule has 7 nitrogen and oxygen atoms in total. The molecule has 0 atom stereocenters. The topological polar surface area (TPSA) is 88.6 Å². The van der Waals surface area contributed by atoms with E-state index >= 15 is 0 Å². The number of aldehydes is 1. The second-order valence-corrected chi connectivity index (χ2v) is 7.73. The molecule has 3 aromatic rings. The number of ether oxygens (including phenoxy) is 1. The van der Waals surface area contributed by atoms with Crippen LogP contribution in [0, 0.1) is 0 Å². The summed E-state index contributed by atoms with van der Waals surface area (Å²) >= 11 is 0. The normalized spacial score (nSPS) is 16.0. The minimum Gasteiger partial charge on any atom is -0.378 e. The smallest absolute Gasteiger partial charge is 0.254 e. The van der Waals surface area contributed by atoms with Crippen LogP contribution in [-0.4, -0.2) is 60.8 Å². The summed E-state index contributed by atoms with van der Waals surface area (Å²) in [7, 11) is 0. The molecular formula is C24H21N3O4. The van der Waals surface area contributed by atoms with Crippen LogP contribution in [0.2, 0.25) is 0 Å². The summed E-state index contributed by atoms with van der Waals surface area (Å²) in [5.41, 5.74) is 4.90. The summed E-state index contributed by atoms with van der Waals surface area (Å²) in [6.07, 6.45) is 1.47. The summed E-state index contributed by atoms with van der Waals surface area (Å²) in [6.45, 7) is 2.82. The monoisotopic (exact) mass is 415 g/mol. The van der Waals surface area contributed by atoms with Crippen molar-refractivity contribution in [2.45, 2.75) is 6.42 Å². The number of aromatic nitrogens is 1. The van der Waals surface area contributed by atoms with Crippen molar-refractivity contribution in [3.63, 3.8) is 0 Å². The molecule has 7 heteroatoms. The number of nitrogens with one attached hydrogen (secondary N) is 1. The number of rotatable bonds is 3. The van der Waals surface area contributed by atoms with E-state index in [1.54, 1.807) is 23.1 Å². The summed E-state index contributed by atoms with van der Waals surface area (Å²) in [6, 6.07) is 12.8. The lowest BCUT2D eigenvalue weighted by Gasteiger charge is -2.27. The van der Waals surface area contributed by atoms with Crippen molar-refractivity contribution in [2.75, 3.05) is 32.8 Å². The molecule has 156 valence electrons. The van der Waals surface area contributed by atoms with Gasteiger partial charge in [-0.1, -0.05) is 12.1 Å². The van der Waals surface area contributed by atoms with Crippen LogP contribution in [0.3, 0.4) is 0 Å². The van der Waals surface area contributed by atoms with Gasteiger partial charge in [0.05, 0.1) is 18.7 Å². The number of carbonyl (C=O) groups excluding carboxylic acids is 3. The third-order valence-corrected chi connectivity index (χ3v) is 5.84. The number of benzene rings is 2. The molecule has 1 aromatic heterocycles. The Morgan fingerprint density at radius 2 is 1.90 bits per heavy atom. The van der Waals surface area contributed by atoms with E-state index in [1.165, 1.54) is 0 Å². The van der Waals surface area contributed by atoms with Crippen molar-refractivity contribution in [3.8, 4) is 11.1 Å².